The Morgan fingerprint density at radius 3 is 2.35 bits per heavy atom. The Hall–Kier alpha value is -1.04. The highest BCUT2D eigenvalue weighted by molar-refractivity contribution is 6.30. The lowest BCUT2D eigenvalue weighted by Gasteiger charge is -2.14. The van der Waals surface area contributed by atoms with Crippen molar-refractivity contribution in [3.8, 4) is 0 Å². The summed E-state index contributed by atoms with van der Waals surface area (Å²) in [5.74, 6) is 0.552. The summed E-state index contributed by atoms with van der Waals surface area (Å²) < 4.78 is 36.3. The van der Waals surface area contributed by atoms with E-state index in [1.54, 1.807) is 6.92 Å². The van der Waals surface area contributed by atoms with Crippen molar-refractivity contribution in [2.75, 3.05) is 11.9 Å². The zero-order valence-corrected chi connectivity index (χ0v) is 10.4. The smallest absolute Gasteiger partial charge is 0.361 e. The highest BCUT2D eigenvalue weighted by atomic mass is 35.5. The van der Waals surface area contributed by atoms with Crippen molar-refractivity contribution < 1.29 is 13.2 Å². The molecule has 0 saturated heterocycles. The number of alkyl halides is 3. The van der Waals surface area contributed by atoms with Crippen LogP contribution in [0.25, 0.3) is 0 Å². The molecule has 0 aliphatic carbocycles. The lowest BCUT2D eigenvalue weighted by molar-refractivity contribution is -0.115. The molecule has 1 rings (SSSR count). The van der Waals surface area contributed by atoms with Crippen LogP contribution in [0.2, 0.25) is 5.15 Å². The fraction of sp³-hybridized carbons (Fsp3) is 0.600. The fourth-order valence-corrected chi connectivity index (χ4v) is 1.30. The fourth-order valence-electron chi connectivity index (χ4n) is 1.12. The second-order valence-corrected chi connectivity index (χ2v) is 4.33. The topological polar surface area (TPSA) is 37.8 Å². The number of nitrogens with one attached hydrogen (secondary N) is 1. The molecule has 0 spiro atoms. The summed E-state index contributed by atoms with van der Waals surface area (Å²) in [5, 5.41) is 2.40. The van der Waals surface area contributed by atoms with Crippen molar-refractivity contribution in [1.82, 2.24) is 9.97 Å². The van der Waals surface area contributed by atoms with Crippen LogP contribution >= 0.6 is 11.6 Å². The van der Waals surface area contributed by atoms with Crippen LogP contribution in [0.1, 0.15) is 31.2 Å². The maximum Gasteiger partial charge on any atom is 0.405 e. The Labute approximate surface area is 102 Å². The number of anilines is 1. The van der Waals surface area contributed by atoms with Gasteiger partial charge in [-0.1, -0.05) is 25.4 Å². The Morgan fingerprint density at radius 1 is 1.29 bits per heavy atom. The standard InChI is InChI=1S/C10H13ClF3N3/c1-5(2)8-16-7(11)6(3)9(17-8)15-4-10(12,13)14/h5H,4H2,1-3H3,(H,15,16,17). The van der Waals surface area contributed by atoms with E-state index in [9.17, 15) is 13.2 Å². The van der Waals surface area contributed by atoms with Crippen molar-refractivity contribution in [2.24, 2.45) is 0 Å². The molecule has 0 amide bonds. The Balaban J connectivity index is 2.98. The number of aromatic nitrogens is 2. The number of nitrogens with zero attached hydrogens (tertiary/aromatic N) is 2. The van der Waals surface area contributed by atoms with Gasteiger partial charge in [0.2, 0.25) is 0 Å². The van der Waals surface area contributed by atoms with E-state index in [1.807, 2.05) is 13.8 Å². The van der Waals surface area contributed by atoms with E-state index in [0.717, 1.165) is 0 Å². The first-order chi connectivity index (χ1) is 7.70. The van der Waals surface area contributed by atoms with E-state index >= 15 is 0 Å². The van der Waals surface area contributed by atoms with E-state index in [2.05, 4.69) is 15.3 Å². The molecule has 96 valence electrons. The summed E-state index contributed by atoms with van der Waals surface area (Å²) in [6, 6.07) is 0. The lowest BCUT2D eigenvalue weighted by atomic mass is 10.2. The molecular weight excluding hydrogens is 255 g/mol. The van der Waals surface area contributed by atoms with Crippen molar-refractivity contribution in [3.05, 3.63) is 16.5 Å². The van der Waals surface area contributed by atoms with Crippen molar-refractivity contribution in [2.45, 2.75) is 32.9 Å². The minimum Gasteiger partial charge on any atom is -0.361 e. The first-order valence-corrected chi connectivity index (χ1v) is 5.43. The molecule has 0 aliphatic rings. The highest BCUT2D eigenvalue weighted by Gasteiger charge is 2.27. The normalized spacial score (nSPS) is 12.0. The van der Waals surface area contributed by atoms with Gasteiger partial charge >= 0.3 is 6.18 Å². The third-order valence-electron chi connectivity index (χ3n) is 2.08. The van der Waals surface area contributed by atoms with Gasteiger partial charge in [0, 0.05) is 11.5 Å². The van der Waals surface area contributed by atoms with Gasteiger partial charge in [0.25, 0.3) is 0 Å². The predicted molar refractivity (Wildman–Crippen MR) is 60.4 cm³/mol. The Kier molecular flexibility index (Phi) is 4.19. The van der Waals surface area contributed by atoms with Crippen LogP contribution in [0.4, 0.5) is 19.0 Å². The van der Waals surface area contributed by atoms with Crippen molar-refractivity contribution in [1.29, 1.82) is 0 Å². The number of halogens is 4. The second-order valence-electron chi connectivity index (χ2n) is 3.97. The highest BCUT2D eigenvalue weighted by Crippen LogP contribution is 2.24. The van der Waals surface area contributed by atoms with E-state index in [0.29, 0.717) is 11.4 Å². The second kappa shape index (κ2) is 5.08. The van der Waals surface area contributed by atoms with Crippen LogP contribution in [-0.2, 0) is 0 Å². The molecule has 0 aromatic carbocycles. The summed E-state index contributed by atoms with van der Waals surface area (Å²) in [4.78, 5) is 8.04. The molecule has 0 saturated carbocycles. The summed E-state index contributed by atoms with van der Waals surface area (Å²) in [7, 11) is 0. The first-order valence-electron chi connectivity index (χ1n) is 5.05. The number of hydrogen-bond donors (Lipinski definition) is 1. The minimum atomic E-state index is -4.29. The summed E-state index contributed by atoms with van der Waals surface area (Å²) in [6.07, 6.45) is -4.29. The van der Waals surface area contributed by atoms with Gasteiger partial charge in [-0.05, 0) is 6.92 Å². The maximum atomic E-state index is 12.1. The van der Waals surface area contributed by atoms with E-state index in [4.69, 9.17) is 11.6 Å². The van der Waals surface area contributed by atoms with Gasteiger partial charge in [-0.25, -0.2) is 9.97 Å². The molecule has 0 unspecified atom stereocenters. The van der Waals surface area contributed by atoms with Crippen LogP contribution in [0, 0.1) is 6.92 Å². The molecule has 0 bridgehead atoms. The molecule has 3 nitrogen and oxygen atoms in total. The molecule has 1 aromatic heterocycles. The largest absolute Gasteiger partial charge is 0.405 e. The molecule has 0 aliphatic heterocycles. The molecule has 0 atom stereocenters. The first kappa shape index (κ1) is 14.0. The average molecular weight is 268 g/mol. The van der Waals surface area contributed by atoms with Gasteiger partial charge in [0.15, 0.2) is 0 Å². The molecule has 0 radical (unpaired) electrons. The molecule has 7 heteroatoms. The van der Waals surface area contributed by atoms with E-state index < -0.39 is 12.7 Å². The lowest BCUT2D eigenvalue weighted by Crippen LogP contribution is -2.22. The molecule has 1 N–H and O–H groups in total. The van der Waals surface area contributed by atoms with Crippen LogP contribution in [-0.4, -0.2) is 22.7 Å². The van der Waals surface area contributed by atoms with Crippen LogP contribution in [0.3, 0.4) is 0 Å². The van der Waals surface area contributed by atoms with Gasteiger partial charge in [-0.15, -0.1) is 0 Å². The quantitative estimate of drug-likeness (QED) is 0.852. The average Bonchev–Trinajstić information content (AvgIpc) is 2.18. The molecular formula is C10H13ClF3N3. The molecule has 1 heterocycles. The number of rotatable bonds is 3. The Morgan fingerprint density at radius 2 is 1.88 bits per heavy atom. The molecule has 17 heavy (non-hydrogen) atoms. The van der Waals surface area contributed by atoms with E-state index in [1.165, 1.54) is 0 Å². The van der Waals surface area contributed by atoms with Gasteiger partial charge in [-0.2, -0.15) is 13.2 Å². The van der Waals surface area contributed by atoms with Gasteiger partial charge in [0.05, 0.1) is 0 Å². The predicted octanol–water partition coefficient (Wildman–Crippen LogP) is 3.54. The maximum absolute atomic E-state index is 12.1. The van der Waals surface area contributed by atoms with Gasteiger partial charge in [0.1, 0.15) is 23.3 Å². The van der Waals surface area contributed by atoms with E-state index in [-0.39, 0.29) is 16.9 Å². The van der Waals surface area contributed by atoms with Crippen molar-refractivity contribution in [3.63, 3.8) is 0 Å². The third kappa shape index (κ3) is 4.03. The van der Waals surface area contributed by atoms with Crippen molar-refractivity contribution >= 4 is 17.4 Å². The molecule has 0 fully saturated rings. The zero-order valence-electron chi connectivity index (χ0n) is 9.69. The zero-order chi connectivity index (χ0) is 13.2. The van der Waals surface area contributed by atoms with Gasteiger partial charge < -0.3 is 5.32 Å². The van der Waals surface area contributed by atoms with Crippen LogP contribution in [0.15, 0.2) is 0 Å². The monoisotopic (exact) mass is 267 g/mol. The SMILES string of the molecule is Cc1c(Cl)nc(C(C)C)nc1NCC(F)(F)F. The van der Waals surface area contributed by atoms with Crippen LogP contribution < -0.4 is 5.32 Å². The summed E-state index contributed by atoms with van der Waals surface area (Å²) >= 11 is 5.84. The number of hydrogen-bond acceptors (Lipinski definition) is 3. The third-order valence-corrected chi connectivity index (χ3v) is 2.44. The van der Waals surface area contributed by atoms with Gasteiger partial charge in [-0.3, -0.25) is 0 Å². The Bertz CT molecular complexity index is 405. The summed E-state index contributed by atoms with van der Waals surface area (Å²) in [5.41, 5.74) is 0.417. The summed E-state index contributed by atoms with van der Waals surface area (Å²) in [6.45, 7) is 4.12. The molecule has 1 aromatic rings. The minimum absolute atomic E-state index is 0.000429. The van der Waals surface area contributed by atoms with Crippen LogP contribution in [0.5, 0.6) is 0 Å².